The van der Waals surface area contributed by atoms with Crippen LogP contribution in [0.2, 0.25) is 0 Å². The Morgan fingerprint density at radius 1 is 0.667 bits per heavy atom. The zero-order valence-electron chi connectivity index (χ0n) is 13.9. The van der Waals surface area contributed by atoms with E-state index < -0.39 is 0 Å². The Balaban J connectivity index is 2.01. The number of benzene rings is 1. The van der Waals surface area contributed by atoms with E-state index in [0.717, 1.165) is 12.3 Å². The molecule has 1 heteroatoms. The van der Waals surface area contributed by atoms with Gasteiger partial charge in [0.05, 0.1) is 0 Å². The second kappa shape index (κ2) is 13.2. The molecule has 1 rings (SSSR count). The standard InChI is InChI=1S/C20H33Cl/c1-2-3-4-5-6-7-8-9-10-11-14-19-15-12-13-16-20(19)17-18-21/h12-13,15-16H,2-11,14,17-18H2,1H3. The molecule has 0 nitrogen and oxygen atoms in total. The van der Waals surface area contributed by atoms with Gasteiger partial charge in [0, 0.05) is 5.88 Å². The maximum absolute atomic E-state index is 5.87. The summed E-state index contributed by atoms with van der Waals surface area (Å²) in [6, 6.07) is 8.79. The van der Waals surface area contributed by atoms with Crippen LogP contribution in [-0.2, 0) is 12.8 Å². The quantitative estimate of drug-likeness (QED) is 0.274. The fourth-order valence-corrected chi connectivity index (χ4v) is 3.15. The van der Waals surface area contributed by atoms with E-state index in [4.69, 9.17) is 11.6 Å². The van der Waals surface area contributed by atoms with Gasteiger partial charge in [-0.1, -0.05) is 89.0 Å². The molecule has 0 aliphatic heterocycles. The second-order valence-corrected chi connectivity index (χ2v) is 6.52. The zero-order chi connectivity index (χ0) is 15.2. The third-order valence-corrected chi connectivity index (χ3v) is 4.47. The average molecular weight is 309 g/mol. The van der Waals surface area contributed by atoms with Gasteiger partial charge in [-0.25, -0.2) is 0 Å². The van der Waals surface area contributed by atoms with Crippen molar-refractivity contribution in [3.63, 3.8) is 0 Å². The number of rotatable bonds is 13. The van der Waals surface area contributed by atoms with E-state index in [2.05, 4.69) is 31.2 Å². The molecule has 0 amide bonds. The molecule has 0 saturated carbocycles. The van der Waals surface area contributed by atoms with Crippen molar-refractivity contribution < 1.29 is 0 Å². The van der Waals surface area contributed by atoms with Crippen molar-refractivity contribution >= 4 is 11.6 Å². The Hall–Kier alpha value is -0.490. The van der Waals surface area contributed by atoms with Crippen molar-refractivity contribution in [2.75, 3.05) is 5.88 Å². The molecule has 120 valence electrons. The van der Waals surface area contributed by atoms with Gasteiger partial charge in [0.2, 0.25) is 0 Å². The maximum atomic E-state index is 5.87. The van der Waals surface area contributed by atoms with Gasteiger partial charge in [-0.05, 0) is 30.4 Å². The summed E-state index contributed by atoms with van der Waals surface area (Å²) in [6.45, 7) is 2.28. The highest BCUT2D eigenvalue weighted by atomic mass is 35.5. The largest absolute Gasteiger partial charge is 0.126 e. The number of hydrogen-bond donors (Lipinski definition) is 0. The van der Waals surface area contributed by atoms with E-state index in [1.165, 1.54) is 81.8 Å². The van der Waals surface area contributed by atoms with Crippen LogP contribution in [0.4, 0.5) is 0 Å². The Labute approximate surface area is 137 Å². The first-order chi connectivity index (χ1) is 10.4. The Kier molecular flexibility index (Phi) is 11.7. The summed E-state index contributed by atoms with van der Waals surface area (Å²) in [5, 5.41) is 0. The van der Waals surface area contributed by atoms with Crippen LogP contribution in [0.5, 0.6) is 0 Å². The lowest BCUT2D eigenvalue weighted by atomic mass is 9.99. The molecular formula is C20H33Cl. The second-order valence-electron chi connectivity index (χ2n) is 6.14. The van der Waals surface area contributed by atoms with Crippen LogP contribution in [0.25, 0.3) is 0 Å². The lowest BCUT2D eigenvalue weighted by Crippen LogP contribution is -1.95. The van der Waals surface area contributed by atoms with Gasteiger partial charge in [-0.2, -0.15) is 0 Å². The van der Waals surface area contributed by atoms with Crippen molar-refractivity contribution in [2.45, 2.75) is 84.0 Å². The summed E-state index contributed by atoms with van der Waals surface area (Å²) in [7, 11) is 0. The molecule has 0 fully saturated rings. The fraction of sp³-hybridized carbons (Fsp3) is 0.700. The van der Waals surface area contributed by atoms with Crippen LogP contribution < -0.4 is 0 Å². The molecule has 0 aliphatic carbocycles. The molecule has 0 aliphatic rings. The van der Waals surface area contributed by atoms with Gasteiger partial charge in [-0.15, -0.1) is 11.6 Å². The molecule has 0 atom stereocenters. The molecule has 1 aromatic carbocycles. The third kappa shape index (κ3) is 9.19. The van der Waals surface area contributed by atoms with E-state index in [1.807, 2.05) is 0 Å². The molecule has 0 N–H and O–H groups in total. The molecule has 0 saturated heterocycles. The first-order valence-corrected chi connectivity index (χ1v) is 9.54. The molecule has 21 heavy (non-hydrogen) atoms. The monoisotopic (exact) mass is 308 g/mol. The van der Waals surface area contributed by atoms with E-state index in [0.29, 0.717) is 0 Å². The minimum atomic E-state index is 0.731. The summed E-state index contributed by atoms with van der Waals surface area (Å²) in [6.07, 6.45) is 16.3. The van der Waals surface area contributed by atoms with Crippen molar-refractivity contribution in [1.82, 2.24) is 0 Å². The summed E-state index contributed by atoms with van der Waals surface area (Å²) in [4.78, 5) is 0. The Morgan fingerprint density at radius 2 is 1.14 bits per heavy atom. The van der Waals surface area contributed by atoms with Gasteiger partial charge >= 0.3 is 0 Å². The lowest BCUT2D eigenvalue weighted by Gasteiger charge is -2.08. The fourth-order valence-electron chi connectivity index (χ4n) is 2.95. The Morgan fingerprint density at radius 3 is 1.67 bits per heavy atom. The van der Waals surface area contributed by atoms with Gasteiger partial charge in [0.15, 0.2) is 0 Å². The van der Waals surface area contributed by atoms with Gasteiger partial charge in [0.1, 0.15) is 0 Å². The smallest absolute Gasteiger partial charge is 0.0264 e. The van der Waals surface area contributed by atoms with E-state index in [-0.39, 0.29) is 0 Å². The van der Waals surface area contributed by atoms with Crippen LogP contribution in [0.3, 0.4) is 0 Å². The number of alkyl halides is 1. The molecule has 0 unspecified atom stereocenters. The highest BCUT2D eigenvalue weighted by Crippen LogP contribution is 2.15. The first kappa shape index (κ1) is 18.6. The number of hydrogen-bond acceptors (Lipinski definition) is 0. The topological polar surface area (TPSA) is 0 Å². The highest BCUT2D eigenvalue weighted by Gasteiger charge is 2.01. The van der Waals surface area contributed by atoms with Crippen molar-refractivity contribution in [3.05, 3.63) is 35.4 Å². The zero-order valence-corrected chi connectivity index (χ0v) is 14.6. The van der Waals surface area contributed by atoms with Crippen LogP contribution in [0.15, 0.2) is 24.3 Å². The van der Waals surface area contributed by atoms with Crippen LogP contribution >= 0.6 is 11.6 Å². The predicted octanol–water partition coefficient (Wildman–Crippen LogP) is 6.93. The van der Waals surface area contributed by atoms with Gasteiger partial charge < -0.3 is 0 Å². The summed E-state index contributed by atoms with van der Waals surface area (Å²) >= 11 is 5.87. The summed E-state index contributed by atoms with van der Waals surface area (Å²) < 4.78 is 0. The molecule has 0 bridgehead atoms. The Bertz CT molecular complexity index is 345. The van der Waals surface area contributed by atoms with Crippen LogP contribution in [-0.4, -0.2) is 5.88 Å². The molecular weight excluding hydrogens is 276 g/mol. The normalized spacial score (nSPS) is 11.0. The van der Waals surface area contributed by atoms with Gasteiger partial charge in [-0.3, -0.25) is 0 Å². The summed E-state index contributed by atoms with van der Waals surface area (Å²) in [5.74, 6) is 0.731. The maximum Gasteiger partial charge on any atom is 0.0264 e. The third-order valence-electron chi connectivity index (χ3n) is 4.28. The molecule has 0 heterocycles. The first-order valence-electron chi connectivity index (χ1n) is 9.01. The van der Waals surface area contributed by atoms with Crippen molar-refractivity contribution in [3.8, 4) is 0 Å². The average Bonchev–Trinajstić information content (AvgIpc) is 2.51. The molecule has 1 aromatic rings. The summed E-state index contributed by atoms with van der Waals surface area (Å²) in [5.41, 5.74) is 2.96. The lowest BCUT2D eigenvalue weighted by molar-refractivity contribution is 0.556. The van der Waals surface area contributed by atoms with E-state index >= 15 is 0 Å². The molecule has 0 radical (unpaired) electrons. The van der Waals surface area contributed by atoms with E-state index in [9.17, 15) is 0 Å². The number of halogens is 1. The van der Waals surface area contributed by atoms with E-state index in [1.54, 1.807) is 0 Å². The van der Waals surface area contributed by atoms with Crippen molar-refractivity contribution in [2.24, 2.45) is 0 Å². The van der Waals surface area contributed by atoms with Crippen LogP contribution in [0.1, 0.15) is 82.3 Å². The molecule has 0 spiro atoms. The minimum absolute atomic E-state index is 0.731. The number of aryl methyl sites for hydroxylation is 2. The molecule has 0 aromatic heterocycles. The number of unbranched alkanes of at least 4 members (excludes halogenated alkanes) is 9. The highest BCUT2D eigenvalue weighted by molar-refractivity contribution is 6.18. The van der Waals surface area contributed by atoms with Crippen molar-refractivity contribution in [1.29, 1.82) is 0 Å². The SMILES string of the molecule is CCCCCCCCCCCCc1ccccc1CCCl. The predicted molar refractivity (Wildman–Crippen MR) is 96.4 cm³/mol. The minimum Gasteiger partial charge on any atom is -0.126 e. The van der Waals surface area contributed by atoms with Crippen LogP contribution in [0, 0.1) is 0 Å². The van der Waals surface area contributed by atoms with Gasteiger partial charge in [0.25, 0.3) is 0 Å².